The molecule has 3 nitrogen and oxygen atoms in total. The zero-order chi connectivity index (χ0) is 14.4. The predicted molar refractivity (Wildman–Crippen MR) is 85.2 cm³/mol. The highest BCUT2D eigenvalue weighted by Gasteiger charge is 2.37. The van der Waals surface area contributed by atoms with Gasteiger partial charge in [0.2, 0.25) is 0 Å². The maximum atomic E-state index is 5.76. The van der Waals surface area contributed by atoms with Gasteiger partial charge in [-0.3, -0.25) is 4.90 Å². The maximum Gasteiger partial charge on any atom is 0.0576 e. The van der Waals surface area contributed by atoms with E-state index >= 15 is 0 Å². The van der Waals surface area contributed by atoms with Crippen LogP contribution in [0.4, 0.5) is 0 Å². The summed E-state index contributed by atoms with van der Waals surface area (Å²) in [5.74, 6) is 0. The molecule has 0 spiro atoms. The van der Waals surface area contributed by atoms with Gasteiger partial charge in [0.1, 0.15) is 0 Å². The SMILES string of the molecule is CCC1CN(CCCC2CCCO2)C(CC)(CC)CN1. The molecule has 0 aromatic carbocycles. The summed E-state index contributed by atoms with van der Waals surface area (Å²) >= 11 is 0. The highest BCUT2D eigenvalue weighted by molar-refractivity contribution is 4.97. The van der Waals surface area contributed by atoms with Gasteiger partial charge in [-0.2, -0.15) is 0 Å². The number of nitrogens with one attached hydrogen (secondary N) is 1. The molecule has 1 N–H and O–H groups in total. The summed E-state index contributed by atoms with van der Waals surface area (Å²) < 4.78 is 5.76. The van der Waals surface area contributed by atoms with Gasteiger partial charge in [0.05, 0.1) is 6.10 Å². The average Bonchev–Trinajstić information content (AvgIpc) is 3.00. The zero-order valence-corrected chi connectivity index (χ0v) is 13.8. The van der Waals surface area contributed by atoms with Crippen molar-refractivity contribution in [3.8, 4) is 0 Å². The molecule has 3 heteroatoms. The Hall–Kier alpha value is -0.120. The number of hydrogen-bond donors (Lipinski definition) is 1. The Morgan fingerprint density at radius 1 is 1.25 bits per heavy atom. The molecule has 0 saturated carbocycles. The van der Waals surface area contributed by atoms with E-state index in [0.717, 1.165) is 6.61 Å². The normalized spacial score (nSPS) is 30.8. The second-order valence-electron chi connectivity index (χ2n) is 6.64. The second-order valence-corrected chi connectivity index (χ2v) is 6.64. The van der Waals surface area contributed by atoms with Crippen LogP contribution in [0.2, 0.25) is 0 Å². The van der Waals surface area contributed by atoms with Gasteiger partial charge < -0.3 is 10.1 Å². The first kappa shape index (κ1) is 16.3. The Bertz CT molecular complexity index is 272. The van der Waals surface area contributed by atoms with Crippen molar-refractivity contribution < 1.29 is 4.74 Å². The van der Waals surface area contributed by atoms with Crippen molar-refractivity contribution in [1.82, 2.24) is 10.2 Å². The van der Waals surface area contributed by atoms with E-state index < -0.39 is 0 Å². The Balaban J connectivity index is 1.85. The molecule has 2 atom stereocenters. The Labute approximate surface area is 125 Å². The predicted octanol–water partition coefficient (Wildman–Crippen LogP) is 3.19. The van der Waals surface area contributed by atoms with E-state index in [2.05, 4.69) is 31.0 Å². The molecule has 0 aliphatic carbocycles. The fraction of sp³-hybridized carbons (Fsp3) is 1.00. The molecule has 2 aliphatic rings. The van der Waals surface area contributed by atoms with Crippen LogP contribution in [-0.2, 0) is 4.74 Å². The first-order valence-corrected chi connectivity index (χ1v) is 8.84. The standard InChI is InChI=1S/C17H34N2O/c1-4-15-13-19(17(5-2,6-3)14-18-15)11-7-9-16-10-8-12-20-16/h15-16,18H,4-14H2,1-3H3. The Kier molecular flexibility index (Phi) is 6.31. The highest BCUT2D eigenvalue weighted by atomic mass is 16.5. The van der Waals surface area contributed by atoms with Crippen LogP contribution in [0, 0.1) is 0 Å². The lowest BCUT2D eigenvalue weighted by Crippen LogP contribution is -2.64. The van der Waals surface area contributed by atoms with Crippen LogP contribution in [0.15, 0.2) is 0 Å². The minimum Gasteiger partial charge on any atom is -0.378 e. The summed E-state index contributed by atoms with van der Waals surface area (Å²) in [5, 5.41) is 3.76. The molecule has 0 amide bonds. The third-order valence-electron chi connectivity index (χ3n) is 5.62. The monoisotopic (exact) mass is 282 g/mol. The molecule has 2 rings (SSSR count). The van der Waals surface area contributed by atoms with Crippen LogP contribution in [0.3, 0.4) is 0 Å². The van der Waals surface area contributed by atoms with Crippen LogP contribution < -0.4 is 5.32 Å². The lowest BCUT2D eigenvalue weighted by molar-refractivity contribution is 0.0245. The van der Waals surface area contributed by atoms with E-state index in [-0.39, 0.29) is 0 Å². The summed E-state index contributed by atoms with van der Waals surface area (Å²) in [6, 6.07) is 0.684. The summed E-state index contributed by atoms with van der Waals surface area (Å²) in [5.41, 5.74) is 0.391. The smallest absolute Gasteiger partial charge is 0.0576 e. The van der Waals surface area contributed by atoms with Crippen LogP contribution in [0.5, 0.6) is 0 Å². The topological polar surface area (TPSA) is 24.5 Å². The van der Waals surface area contributed by atoms with E-state index in [4.69, 9.17) is 4.74 Å². The Morgan fingerprint density at radius 3 is 2.65 bits per heavy atom. The molecule has 118 valence electrons. The molecule has 20 heavy (non-hydrogen) atoms. The molecule has 0 radical (unpaired) electrons. The Morgan fingerprint density at radius 2 is 2.05 bits per heavy atom. The van der Waals surface area contributed by atoms with Crippen LogP contribution >= 0.6 is 0 Å². The first-order chi connectivity index (χ1) is 9.74. The molecule has 2 aliphatic heterocycles. The molecule has 2 heterocycles. The minimum absolute atomic E-state index is 0.391. The largest absolute Gasteiger partial charge is 0.378 e. The van der Waals surface area contributed by atoms with Gasteiger partial charge in [-0.05, 0) is 51.5 Å². The fourth-order valence-electron chi connectivity index (χ4n) is 3.90. The van der Waals surface area contributed by atoms with Gasteiger partial charge in [-0.25, -0.2) is 0 Å². The highest BCUT2D eigenvalue weighted by Crippen LogP contribution is 2.28. The molecule has 2 unspecified atom stereocenters. The second kappa shape index (κ2) is 7.77. The summed E-state index contributed by atoms with van der Waals surface area (Å²) in [7, 11) is 0. The number of ether oxygens (including phenoxy) is 1. The lowest BCUT2D eigenvalue weighted by Gasteiger charge is -2.50. The van der Waals surface area contributed by atoms with Gasteiger partial charge in [0, 0.05) is 31.3 Å². The number of piperazine rings is 1. The van der Waals surface area contributed by atoms with E-state index in [9.17, 15) is 0 Å². The molecule has 0 aromatic heterocycles. The van der Waals surface area contributed by atoms with E-state index in [1.165, 1.54) is 64.6 Å². The molecule has 0 bridgehead atoms. The van der Waals surface area contributed by atoms with Crippen molar-refractivity contribution in [2.75, 3.05) is 26.2 Å². The van der Waals surface area contributed by atoms with Crippen molar-refractivity contribution >= 4 is 0 Å². The van der Waals surface area contributed by atoms with E-state index in [1.54, 1.807) is 0 Å². The summed E-state index contributed by atoms with van der Waals surface area (Å²) in [6.07, 6.45) is 9.41. The third kappa shape index (κ3) is 3.75. The van der Waals surface area contributed by atoms with Crippen LogP contribution in [0.25, 0.3) is 0 Å². The molecule has 0 aromatic rings. The van der Waals surface area contributed by atoms with Crippen molar-refractivity contribution in [1.29, 1.82) is 0 Å². The van der Waals surface area contributed by atoms with Gasteiger partial charge in [-0.15, -0.1) is 0 Å². The number of nitrogens with zero attached hydrogens (tertiary/aromatic N) is 1. The molecule has 2 saturated heterocycles. The van der Waals surface area contributed by atoms with E-state index in [1.807, 2.05) is 0 Å². The van der Waals surface area contributed by atoms with Gasteiger partial charge in [0.15, 0.2) is 0 Å². The van der Waals surface area contributed by atoms with Crippen molar-refractivity contribution in [3.05, 3.63) is 0 Å². The minimum atomic E-state index is 0.391. The summed E-state index contributed by atoms with van der Waals surface area (Å²) in [6.45, 7) is 11.6. The van der Waals surface area contributed by atoms with E-state index in [0.29, 0.717) is 17.7 Å². The zero-order valence-electron chi connectivity index (χ0n) is 13.8. The summed E-state index contributed by atoms with van der Waals surface area (Å²) in [4.78, 5) is 2.78. The maximum absolute atomic E-state index is 5.76. The van der Waals surface area contributed by atoms with Gasteiger partial charge in [-0.1, -0.05) is 20.8 Å². The van der Waals surface area contributed by atoms with Crippen molar-refractivity contribution in [2.24, 2.45) is 0 Å². The van der Waals surface area contributed by atoms with Crippen LogP contribution in [0.1, 0.15) is 65.7 Å². The molecule has 2 fully saturated rings. The van der Waals surface area contributed by atoms with Crippen LogP contribution in [-0.4, -0.2) is 48.8 Å². The molecular formula is C17H34N2O. The number of rotatable bonds is 7. The third-order valence-corrected chi connectivity index (χ3v) is 5.62. The lowest BCUT2D eigenvalue weighted by atomic mass is 9.86. The fourth-order valence-corrected chi connectivity index (χ4v) is 3.90. The van der Waals surface area contributed by atoms with Crippen molar-refractivity contribution in [2.45, 2.75) is 83.4 Å². The van der Waals surface area contributed by atoms with Crippen molar-refractivity contribution in [3.63, 3.8) is 0 Å². The van der Waals surface area contributed by atoms with Gasteiger partial charge >= 0.3 is 0 Å². The average molecular weight is 282 g/mol. The molecular weight excluding hydrogens is 248 g/mol. The number of hydrogen-bond acceptors (Lipinski definition) is 3. The first-order valence-electron chi connectivity index (χ1n) is 8.84. The quantitative estimate of drug-likeness (QED) is 0.776. The van der Waals surface area contributed by atoms with Gasteiger partial charge in [0.25, 0.3) is 0 Å².